The molecule has 0 saturated heterocycles. The van der Waals surface area contributed by atoms with E-state index in [0.29, 0.717) is 18.7 Å². The maximum absolute atomic E-state index is 12.2. The minimum absolute atomic E-state index is 0.196. The number of nitrogens with one attached hydrogen (secondary N) is 1. The number of nitrogens with zero attached hydrogens (tertiary/aromatic N) is 2. The Hall–Kier alpha value is -2.45. The fourth-order valence-electron chi connectivity index (χ4n) is 2.43. The monoisotopic (exact) mass is 377 g/mol. The van der Waals surface area contributed by atoms with E-state index >= 15 is 0 Å². The van der Waals surface area contributed by atoms with Crippen LogP contribution in [0.3, 0.4) is 0 Å². The molecular weight excluding hydrogens is 354 g/mol. The highest BCUT2D eigenvalue weighted by molar-refractivity contribution is 7.88. The van der Waals surface area contributed by atoms with Gasteiger partial charge < -0.3 is 10.1 Å². The minimum atomic E-state index is -3.51. The zero-order valence-corrected chi connectivity index (χ0v) is 15.7. The van der Waals surface area contributed by atoms with Crippen LogP contribution in [-0.2, 0) is 27.8 Å². The van der Waals surface area contributed by atoms with E-state index < -0.39 is 10.0 Å². The van der Waals surface area contributed by atoms with E-state index in [2.05, 4.69) is 10.3 Å². The predicted molar refractivity (Wildman–Crippen MR) is 99.2 cm³/mol. The Morgan fingerprint density at radius 2 is 1.88 bits per heavy atom. The van der Waals surface area contributed by atoms with Gasteiger partial charge in [-0.3, -0.25) is 9.78 Å². The van der Waals surface area contributed by atoms with Crippen molar-refractivity contribution in [3.63, 3.8) is 0 Å². The minimum Gasteiger partial charge on any atom is -0.496 e. The van der Waals surface area contributed by atoms with Gasteiger partial charge in [-0.25, -0.2) is 8.42 Å². The lowest BCUT2D eigenvalue weighted by Crippen LogP contribution is -2.41. The van der Waals surface area contributed by atoms with Crippen molar-refractivity contribution in [3.05, 3.63) is 59.9 Å². The van der Waals surface area contributed by atoms with E-state index in [1.807, 2.05) is 24.3 Å². The van der Waals surface area contributed by atoms with Gasteiger partial charge in [-0.2, -0.15) is 4.31 Å². The van der Waals surface area contributed by atoms with Gasteiger partial charge in [0.25, 0.3) is 0 Å². The highest BCUT2D eigenvalue weighted by Gasteiger charge is 2.20. The van der Waals surface area contributed by atoms with Gasteiger partial charge in [0, 0.05) is 25.5 Å². The summed E-state index contributed by atoms with van der Waals surface area (Å²) in [6, 6.07) is 11.0. The number of methoxy groups -OCH3 is 1. The Morgan fingerprint density at radius 3 is 2.54 bits per heavy atom. The molecule has 0 aliphatic carbocycles. The molecule has 1 aromatic carbocycles. The largest absolute Gasteiger partial charge is 0.496 e. The van der Waals surface area contributed by atoms with Crippen LogP contribution < -0.4 is 10.1 Å². The fourth-order valence-corrected chi connectivity index (χ4v) is 3.21. The Labute approximate surface area is 154 Å². The topological polar surface area (TPSA) is 88.6 Å². The van der Waals surface area contributed by atoms with E-state index in [1.54, 1.807) is 31.6 Å². The number of benzene rings is 1. The Morgan fingerprint density at radius 1 is 1.19 bits per heavy atom. The molecule has 2 aromatic rings. The molecule has 0 radical (unpaired) electrons. The molecule has 1 N–H and O–H groups in total. The van der Waals surface area contributed by atoms with Crippen molar-refractivity contribution in [3.8, 4) is 5.75 Å². The van der Waals surface area contributed by atoms with Crippen molar-refractivity contribution in [1.29, 1.82) is 0 Å². The van der Waals surface area contributed by atoms with Crippen LogP contribution in [0.2, 0.25) is 0 Å². The van der Waals surface area contributed by atoms with E-state index in [1.165, 1.54) is 4.31 Å². The van der Waals surface area contributed by atoms with Crippen molar-refractivity contribution >= 4 is 15.9 Å². The van der Waals surface area contributed by atoms with Gasteiger partial charge in [-0.05, 0) is 35.7 Å². The Bertz CT molecular complexity index is 825. The van der Waals surface area contributed by atoms with Gasteiger partial charge in [-0.15, -0.1) is 0 Å². The van der Waals surface area contributed by atoms with Gasteiger partial charge in [0.05, 0.1) is 19.9 Å². The van der Waals surface area contributed by atoms with Crippen LogP contribution in [0, 0.1) is 0 Å². The number of hydrogen-bond acceptors (Lipinski definition) is 5. The highest BCUT2D eigenvalue weighted by Crippen LogP contribution is 2.18. The molecule has 0 fully saturated rings. The second kappa shape index (κ2) is 9.30. The molecule has 0 aliphatic heterocycles. The summed E-state index contributed by atoms with van der Waals surface area (Å²) in [6.07, 6.45) is 4.83. The second-order valence-corrected chi connectivity index (χ2v) is 7.77. The quantitative estimate of drug-likeness (QED) is 0.710. The number of amides is 1. The molecule has 8 heteroatoms. The maximum Gasteiger partial charge on any atom is 0.235 e. The second-order valence-electron chi connectivity index (χ2n) is 5.79. The van der Waals surface area contributed by atoms with E-state index in [-0.39, 0.29) is 19.0 Å². The van der Waals surface area contributed by atoms with Crippen LogP contribution >= 0.6 is 0 Å². The summed E-state index contributed by atoms with van der Waals surface area (Å²) < 4.78 is 30.5. The molecule has 0 bridgehead atoms. The summed E-state index contributed by atoms with van der Waals surface area (Å²) in [5.74, 6) is 0.343. The highest BCUT2D eigenvalue weighted by atomic mass is 32.2. The molecule has 0 atom stereocenters. The van der Waals surface area contributed by atoms with Crippen molar-refractivity contribution in [1.82, 2.24) is 14.6 Å². The number of aromatic nitrogens is 1. The zero-order valence-electron chi connectivity index (χ0n) is 14.9. The first-order valence-electron chi connectivity index (χ1n) is 8.13. The molecule has 0 unspecified atom stereocenters. The SMILES string of the molecule is COc1ccccc1CCN(CC(=O)NCc1ccncc1)S(C)(=O)=O. The Balaban J connectivity index is 1.95. The fraction of sp³-hybridized carbons (Fsp3) is 0.333. The van der Waals surface area contributed by atoms with Gasteiger partial charge in [0.1, 0.15) is 5.75 Å². The third-order valence-corrected chi connectivity index (χ3v) is 5.10. The molecule has 0 saturated carbocycles. The summed E-state index contributed by atoms with van der Waals surface area (Å²) >= 11 is 0. The number of carbonyl (C=O) groups excluding carboxylic acids is 1. The van der Waals surface area contributed by atoms with Gasteiger partial charge in [-0.1, -0.05) is 18.2 Å². The summed E-state index contributed by atoms with van der Waals surface area (Å²) in [6.45, 7) is 0.298. The van der Waals surface area contributed by atoms with Crippen molar-refractivity contribution < 1.29 is 17.9 Å². The third-order valence-electron chi connectivity index (χ3n) is 3.85. The molecule has 140 valence electrons. The van der Waals surface area contributed by atoms with Crippen LogP contribution in [-0.4, -0.2) is 50.1 Å². The predicted octanol–water partition coefficient (Wildman–Crippen LogP) is 1.21. The maximum atomic E-state index is 12.2. The van der Waals surface area contributed by atoms with Crippen LogP contribution in [0.5, 0.6) is 5.75 Å². The lowest BCUT2D eigenvalue weighted by molar-refractivity contribution is -0.121. The molecule has 0 spiro atoms. The van der Waals surface area contributed by atoms with E-state index in [9.17, 15) is 13.2 Å². The first kappa shape index (κ1) is 19.9. The summed E-state index contributed by atoms with van der Waals surface area (Å²) in [5.41, 5.74) is 1.79. The lowest BCUT2D eigenvalue weighted by atomic mass is 10.1. The number of para-hydroxylation sites is 1. The molecule has 0 aliphatic rings. The summed E-state index contributed by atoms with van der Waals surface area (Å²) in [5, 5.41) is 2.72. The molecule has 7 nitrogen and oxygen atoms in total. The van der Waals surface area contributed by atoms with Crippen molar-refractivity contribution in [2.24, 2.45) is 0 Å². The molecule has 1 aromatic heterocycles. The van der Waals surface area contributed by atoms with Crippen molar-refractivity contribution in [2.75, 3.05) is 26.5 Å². The number of pyridine rings is 1. The van der Waals surface area contributed by atoms with Crippen LogP contribution in [0.4, 0.5) is 0 Å². The van der Waals surface area contributed by atoms with E-state index in [0.717, 1.165) is 17.4 Å². The smallest absolute Gasteiger partial charge is 0.235 e. The number of hydrogen-bond donors (Lipinski definition) is 1. The number of rotatable bonds is 9. The number of ether oxygens (including phenoxy) is 1. The molecule has 1 heterocycles. The van der Waals surface area contributed by atoms with Gasteiger partial charge in [0.2, 0.25) is 15.9 Å². The molecule has 2 rings (SSSR count). The summed E-state index contributed by atoms with van der Waals surface area (Å²) in [4.78, 5) is 16.1. The number of carbonyl (C=O) groups is 1. The van der Waals surface area contributed by atoms with Gasteiger partial charge in [0.15, 0.2) is 0 Å². The normalized spacial score (nSPS) is 11.3. The van der Waals surface area contributed by atoms with Crippen molar-refractivity contribution in [2.45, 2.75) is 13.0 Å². The third kappa shape index (κ3) is 6.12. The molecule has 1 amide bonds. The average molecular weight is 377 g/mol. The van der Waals surface area contributed by atoms with Crippen LogP contribution in [0.1, 0.15) is 11.1 Å². The van der Waals surface area contributed by atoms with Gasteiger partial charge >= 0.3 is 0 Å². The zero-order chi connectivity index (χ0) is 19.0. The van der Waals surface area contributed by atoms with E-state index in [4.69, 9.17) is 4.74 Å². The molecular formula is C18H23N3O4S. The Kier molecular flexibility index (Phi) is 7.11. The van der Waals surface area contributed by atoms with Crippen LogP contribution in [0.15, 0.2) is 48.8 Å². The lowest BCUT2D eigenvalue weighted by Gasteiger charge is -2.20. The summed E-state index contributed by atoms with van der Waals surface area (Å²) in [7, 11) is -1.94. The standard InChI is InChI=1S/C18H23N3O4S/c1-25-17-6-4-3-5-16(17)9-12-21(26(2,23)24)14-18(22)20-13-15-7-10-19-11-8-15/h3-8,10-11H,9,12-14H2,1-2H3,(H,20,22). The first-order valence-corrected chi connectivity index (χ1v) is 9.97. The average Bonchev–Trinajstić information content (AvgIpc) is 2.63. The number of sulfonamides is 1. The van der Waals surface area contributed by atoms with Crippen LogP contribution in [0.25, 0.3) is 0 Å². The first-order chi connectivity index (χ1) is 12.4. The molecule has 26 heavy (non-hydrogen) atoms.